The third kappa shape index (κ3) is 3.25. The van der Waals surface area contributed by atoms with Crippen LogP contribution in [0.5, 0.6) is 0 Å². The van der Waals surface area contributed by atoms with Crippen LogP contribution in [0.1, 0.15) is 0 Å². The van der Waals surface area contributed by atoms with Crippen molar-refractivity contribution >= 4 is 34.7 Å². The van der Waals surface area contributed by atoms with Crippen molar-refractivity contribution in [3.8, 4) is 11.1 Å². The molecule has 0 saturated heterocycles. The van der Waals surface area contributed by atoms with Gasteiger partial charge in [-0.05, 0) is 35.4 Å². The zero-order chi connectivity index (χ0) is 13.0. The molecule has 0 atom stereocenters. The Morgan fingerprint density at radius 3 is 2.39 bits per heavy atom. The molecule has 0 unspecified atom stereocenters. The highest BCUT2D eigenvalue weighted by Crippen LogP contribution is 2.26. The Labute approximate surface area is 116 Å². The normalized spacial score (nSPS) is 11.6. The highest BCUT2D eigenvalue weighted by molar-refractivity contribution is 6.30. The monoisotopic (exact) mass is 278 g/mol. The average Bonchev–Trinajstić information content (AvgIpc) is 2.39. The van der Waals surface area contributed by atoms with E-state index in [2.05, 4.69) is 4.99 Å². The number of halogens is 2. The van der Waals surface area contributed by atoms with Crippen molar-refractivity contribution < 1.29 is 0 Å². The topological polar surface area (TPSA) is 38.4 Å². The summed E-state index contributed by atoms with van der Waals surface area (Å²) in [5, 5.41) is 0.710. The van der Waals surface area contributed by atoms with Gasteiger partial charge in [-0.25, -0.2) is 4.99 Å². The Morgan fingerprint density at radius 2 is 1.72 bits per heavy atom. The molecule has 2 aromatic carbocycles. The first kappa shape index (κ1) is 12.9. The van der Waals surface area contributed by atoms with E-state index in [1.165, 1.54) is 0 Å². The zero-order valence-corrected chi connectivity index (χ0v) is 11.1. The molecule has 0 aliphatic heterocycles. The Kier molecular flexibility index (Phi) is 4.24. The molecule has 4 heteroatoms. The third-order valence-corrected chi connectivity index (χ3v) is 2.92. The van der Waals surface area contributed by atoms with Crippen molar-refractivity contribution in [2.24, 2.45) is 10.7 Å². The maximum Gasteiger partial charge on any atom is 0.115 e. The average molecular weight is 279 g/mol. The maximum atomic E-state index is 5.98. The standard InChI is InChI=1S/C14H12Cl2N2/c15-9-14(17)18-13-6-2-4-11(8-13)10-3-1-5-12(16)7-10/h1-8H,9H2,(H2,17,18). The number of aliphatic imine (C=N–C) groups is 1. The van der Waals surface area contributed by atoms with Crippen LogP contribution in [0, 0.1) is 0 Å². The first-order valence-corrected chi connectivity index (χ1v) is 6.35. The number of nitrogens with two attached hydrogens (primary N) is 1. The molecule has 18 heavy (non-hydrogen) atoms. The molecule has 0 heterocycles. The van der Waals surface area contributed by atoms with Crippen molar-refractivity contribution in [2.45, 2.75) is 0 Å². The van der Waals surface area contributed by atoms with Crippen molar-refractivity contribution in [3.05, 3.63) is 53.6 Å². The summed E-state index contributed by atoms with van der Waals surface area (Å²) in [5.41, 5.74) is 8.49. The Morgan fingerprint density at radius 1 is 1.06 bits per heavy atom. The van der Waals surface area contributed by atoms with Gasteiger partial charge in [0.25, 0.3) is 0 Å². The summed E-state index contributed by atoms with van der Waals surface area (Å²) in [6, 6.07) is 15.4. The number of alkyl halides is 1. The second-order valence-electron chi connectivity index (χ2n) is 3.80. The highest BCUT2D eigenvalue weighted by atomic mass is 35.5. The lowest BCUT2D eigenvalue weighted by molar-refractivity contribution is 1.45. The summed E-state index contributed by atoms with van der Waals surface area (Å²) in [6.07, 6.45) is 0. The summed E-state index contributed by atoms with van der Waals surface area (Å²) < 4.78 is 0. The molecule has 0 fully saturated rings. The SMILES string of the molecule is NC(CCl)=Nc1cccc(-c2cccc(Cl)c2)c1. The van der Waals surface area contributed by atoms with Gasteiger partial charge in [-0.3, -0.25) is 0 Å². The highest BCUT2D eigenvalue weighted by Gasteiger charge is 2.00. The van der Waals surface area contributed by atoms with E-state index in [9.17, 15) is 0 Å². The molecule has 0 aliphatic rings. The van der Waals surface area contributed by atoms with E-state index in [0.717, 1.165) is 16.8 Å². The van der Waals surface area contributed by atoms with Gasteiger partial charge in [-0.15, -0.1) is 11.6 Å². The summed E-state index contributed by atoms with van der Waals surface area (Å²) in [6.45, 7) is 0. The first-order valence-electron chi connectivity index (χ1n) is 5.44. The molecule has 2 N–H and O–H groups in total. The molecule has 2 rings (SSSR count). The molecule has 0 amide bonds. The Balaban J connectivity index is 2.38. The van der Waals surface area contributed by atoms with Crippen LogP contribution in [-0.4, -0.2) is 11.7 Å². The van der Waals surface area contributed by atoms with E-state index >= 15 is 0 Å². The van der Waals surface area contributed by atoms with E-state index in [1.807, 2.05) is 48.5 Å². The van der Waals surface area contributed by atoms with Crippen LogP contribution < -0.4 is 5.73 Å². The largest absolute Gasteiger partial charge is 0.386 e. The van der Waals surface area contributed by atoms with Crippen molar-refractivity contribution in [1.82, 2.24) is 0 Å². The van der Waals surface area contributed by atoms with Crippen LogP contribution >= 0.6 is 23.2 Å². The van der Waals surface area contributed by atoms with Gasteiger partial charge in [0.2, 0.25) is 0 Å². The number of benzene rings is 2. The minimum atomic E-state index is 0.224. The van der Waals surface area contributed by atoms with E-state index in [1.54, 1.807) is 0 Å². The van der Waals surface area contributed by atoms with Crippen molar-refractivity contribution in [3.63, 3.8) is 0 Å². The molecule has 0 aromatic heterocycles. The van der Waals surface area contributed by atoms with Gasteiger partial charge in [0.1, 0.15) is 5.84 Å². The van der Waals surface area contributed by atoms with Crippen LogP contribution in [0.3, 0.4) is 0 Å². The maximum absolute atomic E-state index is 5.98. The molecule has 2 aromatic rings. The number of hydrogen-bond acceptors (Lipinski definition) is 1. The number of amidine groups is 1. The summed E-state index contributed by atoms with van der Waals surface area (Å²) in [5.74, 6) is 0.626. The molecule has 0 bridgehead atoms. The quantitative estimate of drug-likeness (QED) is 0.509. The lowest BCUT2D eigenvalue weighted by atomic mass is 10.1. The van der Waals surface area contributed by atoms with Crippen LogP contribution in [0.4, 0.5) is 5.69 Å². The minimum absolute atomic E-state index is 0.224. The summed E-state index contributed by atoms with van der Waals surface area (Å²) in [4.78, 5) is 4.22. The van der Waals surface area contributed by atoms with Crippen LogP contribution in [-0.2, 0) is 0 Å². The fraction of sp³-hybridized carbons (Fsp3) is 0.0714. The first-order chi connectivity index (χ1) is 8.69. The predicted octanol–water partition coefficient (Wildman–Crippen LogP) is 4.23. The zero-order valence-electron chi connectivity index (χ0n) is 9.61. The number of rotatable bonds is 3. The van der Waals surface area contributed by atoms with Gasteiger partial charge in [0.15, 0.2) is 0 Å². The van der Waals surface area contributed by atoms with E-state index in [4.69, 9.17) is 28.9 Å². The number of hydrogen-bond donors (Lipinski definition) is 1. The molecule has 0 spiro atoms. The number of nitrogens with zero attached hydrogens (tertiary/aromatic N) is 1. The molecular formula is C14H12Cl2N2. The fourth-order valence-electron chi connectivity index (χ4n) is 1.62. The van der Waals surface area contributed by atoms with Crippen LogP contribution in [0.25, 0.3) is 11.1 Å². The Bertz CT molecular complexity index is 580. The van der Waals surface area contributed by atoms with Crippen LogP contribution in [0.15, 0.2) is 53.5 Å². The summed E-state index contributed by atoms with van der Waals surface area (Å²) in [7, 11) is 0. The molecule has 0 aliphatic carbocycles. The second kappa shape index (κ2) is 5.89. The molecule has 92 valence electrons. The van der Waals surface area contributed by atoms with E-state index < -0.39 is 0 Å². The van der Waals surface area contributed by atoms with Gasteiger partial charge in [-0.1, -0.05) is 35.9 Å². The second-order valence-corrected chi connectivity index (χ2v) is 4.50. The van der Waals surface area contributed by atoms with Crippen molar-refractivity contribution in [2.75, 3.05) is 5.88 Å². The predicted molar refractivity (Wildman–Crippen MR) is 78.9 cm³/mol. The molecule has 0 saturated carbocycles. The molecular weight excluding hydrogens is 267 g/mol. The van der Waals surface area contributed by atoms with E-state index in [0.29, 0.717) is 10.9 Å². The molecule has 0 radical (unpaired) electrons. The van der Waals surface area contributed by atoms with E-state index in [-0.39, 0.29) is 5.88 Å². The van der Waals surface area contributed by atoms with Gasteiger partial charge in [-0.2, -0.15) is 0 Å². The van der Waals surface area contributed by atoms with Crippen LogP contribution in [0.2, 0.25) is 5.02 Å². The fourth-order valence-corrected chi connectivity index (χ4v) is 1.87. The smallest absolute Gasteiger partial charge is 0.115 e. The van der Waals surface area contributed by atoms with Gasteiger partial charge in [0, 0.05) is 5.02 Å². The van der Waals surface area contributed by atoms with Crippen molar-refractivity contribution in [1.29, 1.82) is 0 Å². The Hall–Kier alpha value is -1.51. The van der Waals surface area contributed by atoms with Gasteiger partial charge < -0.3 is 5.73 Å². The lowest BCUT2D eigenvalue weighted by Gasteiger charge is -2.04. The minimum Gasteiger partial charge on any atom is -0.386 e. The lowest BCUT2D eigenvalue weighted by Crippen LogP contribution is -2.12. The van der Waals surface area contributed by atoms with Gasteiger partial charge >= 0.3 is 0 Å². The third-order valence-electron chi connectivity index (χ3n) is 2.41. The molecule has 2 nitrogen and oxygen atoms in total. The summed E-state index contributed by atoms with van der Waals surface area (Å²) >= 11 is 11.6. The van der Waals surface area contributed by atoms with Gasteiger partial charge in [0.05, 0.1) is 11.6 Å².